The minimum absolute atomic E-state index is 0.0333. The molecule has 1 aromatic heterocycles. The van der Waals surface area contributed by atoms with Gasteiger partial charge in [0.15, 0.2) is 0 Å². The third-order valence-electron chi connectivity index (χ3n) is 5.93. The van der Waals surface area contributed by atoms with E-state index in [0.717, 1.165) is 11.3 Å². The standard InChI is InChI=1S/C24H24N4O4/c1-16-5-7-20(8-6-16)28-15-19(14-21(28)29)23-25-22(26-32-23)17-3-2-4-18(13-17)24(30)27-9-11-31-12-10-27/h2-8,13,19H,9-12,14-15H2,1H3. The van der Waals surface area contributed by atoms with Crippen LogP contribution in [-0.2, 0) is 9.53 Å². The van der Waals surface area contributed by atoms with Gasteiger partial charge in [-0.1, -0.05) is 35.0 Å². The summed E-state index contributed by atoms with van der Waals surface area (Å²) in [7, 11) is 0. The average Bonchev–Trinajstić information content (AvgIpc) is 3.47. The van der Waals surface area contributed by atoms with Crippen molar-refractivity contribution in [2.45, 2.75) is 19.3 Å². The lowest BCUT2D eigenvalue weighted by Crippen LogP contribution is -2.40. The normalized spacial score (nSPS) is 18.9. The zero-order valence-electron chi connectivity index (χ0n) is 17.9. The number of rotatable bonds is 4. The number of nitrogens with zero attached hydrogens (tertiary/aromatic N) is 4. The lowest BCUT2D eigenvalue weighted by molar-refractivity contribution is -0.117. The van der Waals surface area contributed by atoms with E-state index in [1.54, 1.807) is 21.9 Å². The van der Waals surface area contributed by atoms with Crippen LogP contribution in [0.3, 0.4) is 0 Å². The second kappa shape index (κ2) is 8.55. The Morgan fingerprint density at radius 1 is 1.09 bits per heavy atom. The molecule has 1 unspecified atom stereocenters. The quantitative estimate of drug-likeness (QED) is 0.630. The number of carbonyl (C=O) groups is 2. The highest BCUT2D eigenvalue weighted by Crippen LogP contribution is 2.32. The van der Waals surface area contributed by atoms with E-state index in [2.05, 4.69) is 10.1 Å². The van der Waals surface area contributed by atoms with Crippen molar-refractivity contribution < 1.29 is 18.8 Å². The van der Waals surface area contributed by atoms with Crippen molar-refractivity contribution in [2.75, 3.05) is 37.7 Å². The number of hydrogen-bond acceptors (Lipinski definition) is 6. The number of aryl methyl sites for hydroxylation is 1. The Labute approximate surface area is 185 Å². The lowest BCUT2D eigenvalue weighted by atomic mass is 10.1. The highest BCUT2D eigenvalue weighted by atomic mass is 16.5. The molecule has 0 aliphatic carbocycles. The van der Waals surface area contributed by atoms with Crippen LogP contribution in [0.15, 0.2) is 53.1 Å². The molecule has 2 saturated heterocycles. The maximum absolute atomic E-state index is 12.8. The molecule has 8 nitrogen and oxygen atoms in total. The average molecular weight is 432 g/mol. The number of benzene rings is 2. The molecule has 1 atom stereocenters. The van der Waals surface area contributed by atoms with Gasteiger partial charge in [0.25, 0.3) is 5.91 Å². The van der Waals surface area contributed by atoms with E-state index in [-0.39, 0.29) is 17.7 Å². The molecule has 0 radical (unpaired) electrons. The van der Waals surface area contributed by atoms with Gasteiger partial charge in [-0.15, -0.1) is 0 Å². The Bertz CT molecular complexity index is 1130. The number of aromatic nitrogens is 2. The first-order valence-electron chi connectivity index (χ1n) is 10.8. The molecule has 0 bridgehead atoms. The maximum Gasteiger partial charge on any atom is 0.254 e. The molecule has 2 fully saturated rings. The first kappa shape index (κ1) is 20.4. The molecule has 2 amide bonds. The van der Waals surface area contributed by atoms with Crippen LogP contribution in [0.25, 0.3) is 11.4 Å². The Morgan fingerprint density at radius 2 is 1.88 bits per heavy atom. The van der Waals surface area contributed by atoms with Crippen LogP contribution in [-0.4, -0.2) is 59.7 Å². The molecule has 0 saturated carbocycles. The molecule has 2 aliphatic heterocycles. The summed E-state index contributed by atoms with van der Waals surface area (Å²) in [5.74, 6) is 0.694. The van der Waals surface area contributed by atoms with E-state index < -0.39 is 0 Å². The topological polar surface area (TPSA) is 88.8 Å². The van der Waals surface area contributed by atoms with Gasteiger partial charge in [-0.3, -0.25) is 9.59 Å². The van der Waals surface area contributed by atoms with Gasteiger partial charge >= 0.3 is 0 Å². The highest BCUT2D eigenvalue weighted by Gasteiger charge is 2.35. The molecule has 164 valence electrons. The largest absolute Gasteiger partial charge is 0.378 e. The zero-order chi connectivity index (χ0) is 22.1. The van der Waals surface area contributed by atoms with Crippen molar-refractivity contribution in [3.63, 3.8) is 0 Å². The van der Waals surface area contributed by atoms with Crippen LogP contribution in [0.5, 0.6) is 0 Å². The lowest BCUT2D eigenvalue weighted by Gasteiger charge is -2.26. The smallest absolute Gasteiger partial charge is 0.254 e. The van der Waals surface area contributed by atoms with Gasteiger partial charge in [-0.05, 0) is 31.2 Å². The molecule has 0 N–H and O–H groups in total. The fraction of sp³-hybridized carbons (Fsp3) is 0.333. The molecule has 2 aliphatic rings. The van der Waals surface area contributed by atoms with Crippen molar-refractivity contribution in [2.24, 2.45) is 0 Å². The van der Waals surface area contributed by atoms with E-state index in [4.69, 9.17) is 9.26 Å². The minimum Gasteiger partial charge on any atom is -0.378 e. The molecule has 2 aromatic carbocycles. The summed E-state index contributed by atoms with van der Waals surface area (Å²) in [4.78, 5) is 33.5. The van der Waals surface area contributed by atoms with Crippen molar-refractivity contribution >= 4 is 17.5 Å². The number of amides is 2. The number of morpholine rings is 1. The van der Waals surface area contributed by atoms with Crippen LogP contribution in [0, 0.1) is 6.92 Å². The van der Waals surface area contributed by atoms with Gasteiger partial charge in [0.2, 0.25) is 17.6 Å². The predicted molar refractivity (Wildman–Crippen MR) is 117 cm³/mol. The summed E-state index contributed by atoms with van der Waals surface area (Å²) in [5.41, 5.74) is 3.31. The summed E-state index contributed by atoms with van der Waals surface area (Å²) in [6, 6.07) is 15.1. The summed E-state index contributed by atoms with van der Waals surface area (Å²) < 4.78 is 10.8. The van der Waals surface area contributed by atoms with Crippen LogP contribution in [0.2, 0.25) is 0 Å². The second-order valence-electron chi connectivity index (χ2n) is 8.18. The molecular weight excluding hydrogens is 408 g/mol. The fourth-order valence-electron chi connectivity index (χ4n) is 4.11. The van der Waals surface area contributed by atoms with E-state index >= 15 is 0 Å². The van der Waals surface area contributed by atoms with Gasteiger partial charge in [0, 0.05) is 42.9 Å². The minimum atomic E-state index is -0.164. The van der Waals surface area contributed by atoms with Gasteiger partial charge in [-0.2, -0.15) is 4.98 Å². The maximum atomic E-state index is 12.8. The van der Waals surface area contributed by atoms with Gasteiger partial charge in [-0.25, -0.2) is 0 Å². The third kappa shape index (κ3) is 4.01. The SMILES string of the molecule is Cc1ccc(N2CC(c3nc(-c4cccc(C(=O)N5CCOCC5)c4)no3)CC2=O)cc1. The fourth-order valence-corrected chi connectivity index (χ4v) is 4.11. The predicted octanol–water partition coefficient (Wildman–Crippen LogP) is 3.04. The first-order valence-corrected chi connectivity index (χ1v) is 10.8. The Morgan fingerprint density at radius 3 is 2.66 bits per heavy atom. The van der Waals surface area contributed by atoms with E-state index in [0.29, 0.717) is 62.1 Å². The highest BCUT2D eigenvalue weighted by molar-refractivity contribution is 5.96. The van der Waals surface area contributed by atoms with E-state index in [1.807, 2.05) is 43.3 Å². The van der Waals surface area contributed by atoms with Crippen molar-refractivity contribution in [1.82, 2.24) is 15.0 Å². The van der Waals surface area contributed by atoms with Crippen molar-refractivity contribution in [3.05, 3.63) is 65.5 Å². The number of carbonyl (C=O) groups excluding carboxylic acids is 2. The first-order chi connectivity index (χ1) is 15.6. The second-order valence-corrected chi connectivity index (χ2v) is 8.18. The molecule has 5 rings (SSSR count). The van der Waals surface area contributed by atoms with Gasteiger partial charge < -0.3 is 19.1 Å². The third-order valence-corrected chi connectivity index (χ3v) is 5.93. The molecular formula is C24H24N4O4. The monoisotopic (exact) mass is 432 g/mol. The molecule has 3 heterocycles. The summed E-state index contributed by atoms with van der Waals surface area (Å²) in [6.45, 7) is 4.80. The number of ether oxygens (including phenoxy) is 1. The number of hydrogen-bond donors (Lipinski definition) is 0. The van der Waals surface area contributed by atoms with Crippen molar-refractivity contribution in [3.8, 4) is 11.4 Å². The molecule has 8 heteroatoms. The summed E-state index contributed by atoms with van der Waals surface area (Å²) in [6.07, 6.45) is 0.324. The Hall–Kier alpha value is -3.52. The molecule has 3 aromatic rings. The number of anilines is 1. The van der Waals surface area contributed by atoms with E-state index in [1.165, 1.54) is 0 Å². The van der Waals surface area contributed by atoms with Crippen LogP contribution < -0.4 is 4.90 Å². The molecule has 0 spiro atoms. The zero-order valence-corrected chi connectivity index (χ0v) is 17.9. The van der Waals surface area contributed by atoms with Crippen LogP contribution in [0.1, 0.15) is 34.2 Å². The molecule has 32 heavy (non-hydrogen) atoms. The Balaban J connectivity index is 1.32. The van der Waals surface area contributed by atoms with Gasteiger partial charge in [0.1, 0.15) is 0 Å². The summed E-state index contributed by atoms with van der Waals surface area (Å²) in [5, 5.41) is 4.12. The Kier molecular flexibility index (Phi) is 5.45. The van der Waals surface area contributed by atoms with Crippen LogP contribution >= 0.6 is 0 Å². The van der Waals surface area contributed by atoms with Crippen molar-refractivity contribution in [1.29, 1.82) is 0 Å². The summed E-state index contributed by atoms with van der Waals surface area (Å²) >= 11 is 0. The van der Waals surface area contributed by atoms with Gasteiger partial charge in [0.05, 0.1) is 19.1 Å². The van der Waals surface area contributed by atoms with E-state index in [9.17, 15) is 9.59 Å². The van der Waals surface area contributed by atoms with Crippen LogP contribution in [0.4, 0.5) is 5.69 Å².